The molecular weight excluding hydrogens is 244 g/mol. The van der Waals surface area contributed by atoms with Crippen LogP contribution in [0, 0.1) is 0 Å². The molecule has 2 aromatic rings. The monoisotopic (exact) mass is 258 g/mol. The van der Waals surface area contributed by atoms with E-state index in [0.29, 0.717) is 19.0 Å². The third kappa shape index (κ3) is 2.73. The van der Waals surface area contributed by atoms with E-state index in [1.54, 1.807) is 34.2 Å². The average Bonchev–Trinajstić information content (AvgIpc) is 2.87. The van der Waals surface area contributed by atoms with E-state index in [4.69, 9.17) is 4.74 Å². The molecule has 0 radical (unpaired) electrons. The lowest BCUT2D eigenvalue weighted by atomic mass is 10.1. The molecule has 6 heteroatoms. The second-order valence-electron chi connectivity index (χ2n) is 4.41. The summed E-state index contributed by atoms with van der Waals surface area (Å²) in [5.74, 6) is 0.663. The van der Waals surface area contributed by atoms with E-state index in [1.807, 2.05) is 18.2 Å². The smallest absolute Gasteiger partial charge is 0.244 e. The van der Waals surface area contributed by atoms with Crippen molar-refractivity contribution in [2.75, 3.05) is 13.1 Å². The van der Waals surface area contributed by atoms with Crippen LogP contribution in [0.4, 0.5) is 0 Å². The number of carbonyl (C=O) groups excluding carboxylic acids is 1. The van der Waals surface area contributed by atoms with Crippen molar-refractivity contribution in [2.45, 2.75) is 12.6 Å². The molecule has 1 aliphatic heterocycles. The Labute approximate surface area is 110 Å². The highest BCUT2D eigenvalue weighted by atomic mass is 16.5. The summed E-state index contributed by atoms with van der Waals surface area (Å²) in [5.41, 5.74) is 0. The van der Waals surface area contributed by atoms with Gasteiger partial charge < -0.3 is 9.64 Å². The minimum absolute atomic E-state index is 0.0384. The first-order chi connectivity index (χ1) is 9.31. The van der Waals surface area contributed by atoms with Gasteiger partial charge in [-0.3, -0.25) is 9.48 Å². The fourth-order valence-electron chi connectivity index (χ4n) is 1.94. The van der Waals surface area contributed by atoms with E-state index in [-0.39, 0.29) is 18.6 Å². The molecule has 0 atom stereocenters. The van der Waals surface area contributed by atoms with Gasteiger partial charge in [-0.25, -0.2) is 4.98 Å². The van der Waals surface area contributed by atoms with Crippen LogP contribution >= 0.6 is 0 Å². The van der Waals surface area contributed by atoms with Crippen LogP contribution in [0.2, 0.25) is 0 Å². The molecule has 19 heavy (non-hydrogen) atoms. The van der Waals surface area contributed by atoms with Gasteiger partial charge in [0.05, 0.1) is 13.1 Å². The van der Waals surface area contributed by atoms with Crippen LogP contribution in [0.25, 0.3) is 0 Å². The van der Waals surface area contributed by atoms with E-state index in [1.165, 1.54) is 0 Å². The molecule has 0 aromatic carbocycles. The number of amides is 1. The number of aromatic nitrogens is 3. The van der Waals surface area contributed by atoms with E-state index >= 15 is 0 Å². The highest BCUT2D eigenvalue weighted by Gasteiger charge is 2.32. The lowest BCUT2D eigenvalue weighted by Crippen LogP contribution is -2.57. The van der Waals surface area contributed by atoms with Gasteiger partial charge in [0.25, 0.3) is 0 Å². The molecule has 0 N–H and O–H groups in total. The molecule has 6 nitrogen and oxygen atoms in total. The first-order valence-electron chi connectivity index (χ1n) is 6.14. The minimum atomic E-state index is 0.0384. The Hall–Kier alpha value is -2.37. The Morgan fingerprint density at radius 3 is 2.89 bits per heavy atom. The normalized spacial score (nSPS) is 15.1. The van der Waals surface area contributed by atoms with Gasteiger partial charge >= 0.3 is 0 Å². The number of nitrogens with zero attached hydrogens (tertiary/aromatic N) is 4. The fourth-order valence-corrected chi connectivity index (χ4v) is 1.94. The topological polar surface area (TPSA) is 60.2 Å². The zero-order valence-electron chi connectivity index (χ0n) is 10.3. The van der Waals surface area contributed by atoms with Crippen molar-refractivity contribution < 1.29 is 9.53 Å². The summed E-state index contributed by atoms with van der Waals surface area (Å²) in [7, 11) is 0. The summed E-state index contributed by atoms with van der Waals surface area (Å²) in [5, 5.41) is 4.01. The summed E-state index contributed by atoms with van der Waals surface area (Å²) in [4.78, 5) is 17.7. The van der Waals surface area contributed by atoms with Gasteiger partial charge in [-0.05, 0) is 12.1 Å². The molecule has 0 bridgehead atoms. The summed E-state index contributed by atoms with van der Waals surface area (Å²) in [6.07, 6.45) is 5.17. The summed E-state index contributed by atoms with van der Waals surface area (Å²) in [6, 6.07) is 7.33. The maximum Gasteiger partial charge on any atom is 0.244 e. The predicted molar refractivity (Wildman–Crippen MR) is 67.5 cm³/mol. The number of carbonyl (C=O) groups is 1. The maximum absolute atomic E-state index is 11.9. The van der Waals surface area contributed by atoms with Crippen LogP contribution in [0.15, 0.2) is 42.9 Å². The van der Waals surface area contributed by atoms with Crippen molar-refractivity contribution in [3.05, 3.63) is 42.9 Å². The van der Waals surface area contributed by atoms with Gasteiger partial charge in [0, 0.05) is 24.7 Å². The summed E-state index contributed by atoms with van der Waals surface area (Å²) < 4.78 is 7.26. The van der Waals surface area contributed by atoms with E-state index < -0.39 is 0 Å². The SMILES string of the molecule is O=C(Cn1cccn1)N1CC(Oc2ccccn2)C1. The molecule has 0 unspecified atom stereocenters. The van der Waals surface area contributed by atoms with Crippen LogP contribution in [-0.2, 0) is 11.3 Å². The van der Waals surface area contributed by atoms with Crippen molar-refractivity contribution >= 4 is 5.91 Å². The highest BCUT2D eigenvalue weighted by Crippen LogP contribution is 2.15. The van der Waals surface area contributed by atoms with Gasteiger partial charge in [-0.15, -0.1) is 0 Å². The standard InChI is InChI=1S/C13H14N4O2/c18-13(10-17-7-3-6-15-17)16-8-11(9-16)19-12-4-1-2-5-14-12/h1-7,11H,8-10H2. The third-order valence-corrected chi connectivity index (χ3v) is 2.98. The fraction of sp³-hybridized carbons (Fsp3) is 0.308. The molecule has 1 saturated heterocycles. The lowest BCUT2D eigenvalue weighted by molar-refractivity contribution is -0.140. The molecule has 3 heterocycles. The number of hydrogen-bond acceptors (Lipinski definition) is 4. The number of pyridine rings is 1. The van der Waals surface area contributed by atoms with Crippen LogP contribution in [0.3, 0.4) is 0 Å². The van der Waals surface area contributed by atoms with Gasteiger partial charge in [0.2, 0.25) is 11.8 Å². The molecular formula is C13H14N4O2. The molecule has 98 valence electrons. The first kappa shape index (κ1) is 11.7. The van der Waals surface area contributed by atoms with Gasteiger partial charge in [0.15, 0.2) is 0 Å². The summed E-state index contributed by atoms with van der Waals surface area (Å²) >= 11 is 0. The molecule has 0 aliphatic carbocycles. The Balaban J connectivity index is 1.46. The van der Waals surface area contributed by atoms with E-state index in [0.717, 1.165) is 0 Å². The Morgan fingerprint density at radius 2 is 2.21 bits per heavy atom. The molecule has 3 rings (SSSR count). The van der Waals surface area contributed by atoms with Gasteiger partial charge in [-0.1, -0.05) is 6.07 Å². The molecule has 1 aliphatic rings. The number of rotatable bonds is 4. The number of likely N-dealkylation sites (tertiary alicyclic amines) is 1. The quantitative estimate of drug-likeness (QED) is 0.804. The second-order valence-corrected chi connectivity index (χ2v) is 4.41. The predicted octanol–water partition coefficient (Wildman–Crippen LogP) is 0.568. The van der Waals surface area contributed by atoms with Crippen LogP contribution < -0.4 is 4.74 Å². The van der Waals surface area contributed by atoms with Crippen LogP contribution in [0.5, 0.6) is 5.88 Å². The lowest BCUT2D eigenvalue weighted by Gasteiger charge is -2.38. The molecule has 1 amide bonds. The van der Waals surface area contributed by atoms with Crippen molar-refractivity contribution in [1.82, 2.24) is 19.7 Å². The molecule has 0 saturated carbocycles. The Kier molecular flexibility index (Phi) is 3.14. The van der Waals surface area contributed by atoms with Crippen molar-refractivity contribution in [1.29, 1.82) is 0 Å². The van der Waals surface area contributed by atoms with Gasteiger partial charge in [0.1, 0.15) is 12.6 Å². The maximum atomic E-state index is 11.9. The first-order valence-corrected chi connectivity index (χ1v) is 6.14. The second kappa shape index (κ2) is 5.09. The van der Waals surface area contributed by atoms with Gasteiger partial charge in [-0.2, -0.15) is 5.10 Å². The average molecular weight is 258 g/mol. The van der Waals surface area contributed by atoms with Crippen molar-refractivity contribution in [3.63, 3.8) is 0 Å². The van der Waals surface area contributed by atoms with Crippen molar-refractivity contribution in [3.8, 4) is 5.88 Å². The molecule has 2 aromatic heterocycles. The molecule has 1 fully saturated rings. The third-order valence-electron chi connectivity index (χ3n) is 2.98. The zero-order valence-corrected chi connectivity index (χ0v) is 10.3. The molecule has 0 spiro atoms. The highest BCUT2D eigenvalue weighted by molar-refractivity contribution is 5.76. The van der Waals surface area contributed by atoms with Crippen molar-refractivity contribution in [2.24, 2.45) is 0 Å². The van der Waals surface area contributed by atoms with E-state index in [9.17, 15) is 4.79 Å². The zero-order chi connectivity index (χ0) is 13.1. The van der Waals surface area contributed by atoms with E-state index in [2.05, 4.69) is 10.1 Å². The number of ether oxygens (including phenoxy) is 1. The Bertz CT molecular complexity index is 535. The Morgan fingerprint density at radius 1 is 1.32 bits per heavy atom. The summed E-state index contributed by atoms with van der Waals surface area (Å²) in [6.45, 7) is 1.50. The van der Waals surface area contributed by atoms with Crippen LogP contribution in [-0.4, -0.2) is 44.8 Å². The minimum Gasteiger partial charge on any atom is -0.471 e. The largest absolute Gasteiger partial charge is 0.471 e. The number of hydrogen-bond donors (Lipinski definition) is 0. The van der Waals surface area contributed by atoms with Crippen LogP contribution in [0.1, 0.15) is 0 Å².